The summed E-state index contributed by atoms with van der Waals surface area (Å²) in [6.45, 7) is 2.10. The Hall–Kier alpha value is -0.550. The topological polar surface area (TPSA) is 49.9 Å². The molecule has 2 nitrogen and oxygen atoms in total. The molecule has 0 radical (unpaired) electrons. The van der Waals surface area contributed by atoms with Gasteiger partial charge in [0.2, 0.25) is 0 Å². The Bertz CT molecular complexity index is 396. The molecule has 0 aliphatic heterocycles. The van der Waals surface area contributed by atoms with E-state index >= 15 is 0 Å². The fourth-order valence-electron chi connectivity index (χ4n) is 1.18. The maximum absolute atomic E-state index is 13.8. The predicted molar refractivity (Wildman–Crippen MR) is 70.7 cm³/mol. The van der Waals surface area contributed by atoms with E-state index in [0.717, 1.165) is 18.6 Å². The lowest BCUT2D eigenvalue weighted by molar-refractivity contribution is 0.594. The maximum atomic E-state index is 13.8. The van der Waals surface area contributed by atoms with Crippen molar-refractivity contribution in [2.24, 2.45) is 5.73 Å². The first kappa shape index (κ1) is 13.5. The van der Waals surface area contributed by atoms with Crippen molar-refractivity contribution in [2.45, 2.75) is 24.7 Å². The van der Waals surface area contributed by atoms with Crippen LogP contribution in [0, 0.1) is 11.2 Å². The summed E-state index contributed by atoms with van der Waals surface area (Å²) in [6.07, 6.45) is 2.16. The van der Waals surface area contributed by atoms with Crippen molar-refractivity contribution in [1.82, 2.24) is 0 Å². The molecule has 0 amide bonds. The van der Waals surface area contributed by atoms with Gasteiger partial charge in [-0.3, -0.25) is 5.41 Å². The number of thioether (sulfide) groups is 1. The summed E-state index contributed by atoms with van der Waals surface area (Å²) >= 11 is 4.62. The summed E-state index contributed by atoms with van der Waals surface area (Å²) in [5.41, 5.74) is 5.74. The van der Waals surface area contributed by atoms with Crippen LogP contribution in [0.2, 0.25) is 0 Å². The van der Waals surface area contributed by atoms with Gasteiger partial charge in [-0.1, -0.05) is 13.3 Å². The van der Waals surface area contributed by atoms with E-state index < -0.39 is 0 Å². The molecular formula is C11H14BrFN2S. The van der Waals surface area contributed by atoms with Crippen molar-refractivity contribution in [3.05, 3.63) is 28.0 Å². The first-order valence-corrected chi connectivity index (χ1v) is 6.81. The Labute approximate surface area is 107 Å². The van der Waals surface area contributed by atoms with Crippen molar-refractivity contribution < 1.29 is 4.39 Å². The summed E-state index contributed by atoms with van der Waals surface area (Å²) in [5, 5.41) is 7.29. The molecule has 0 aliphatic rings. The Morgan fingerprint density at radius 1 is 1.56 bits per heavy atom. The summed E-state index contributed by atoms with van der Waals surface area (Å²) in [6, 6.07) is 3.35. The molecule has 0 atom stereocenters. The van der Waals surface area contributed by atoms with Gasteiger partial charge in [-0.25, -0.2) is 4.39 Å². The number of amidine groups is 1. The van der Waals surface area contributed by atoms with Gasteiger partial charge in [-0.2, -0.15) is 0 Å². The second-order valence-corrected chi connectivity index (χ2v) is 5.28. The largest absolute Gasteiger partial charge is 0.384 e. The number of hydrogen-bond donors (Lipinski definition) is 2. The second kappa shape index (κ2) is 6.25. The van der Waals surface area contributed by atoms with E-state index in [1.807, 2.05) is 0 Å². The zero-order valence-electron chi connectivity index (χ0n) is 9.02. The molecule has 1 aromatic carbocycles. The number of unbranched alkanes of at least 4 members (excludes halogenated alkanes) is 1. The van der Waals surface area contributed by atoms with Crippen molar-refractivity contribution in [3.63, 3.8) is 0 Å². The van der Waals surface area contributed by atoms with Crippen LogP contribution in [0.5, 0.6) is 0 Å². The van der Waals surface area contributed by atoms with Crippen LogP contribution in [-0.4, -0.2) is 11.6 Å². The molecule has 0 saturated carbocycles. The lowest BCUT2D eigenvalue weighted by atomic mass is 10.2. The minimum atomic E-state index is -0.325. The highest BCUT2D eigenvalue weighted by atomic mass is 79.9. The molecule has 0 aliphatic carbocycles. The van der Waals surface area contributed by atoms with Crippen molar-refractivity contribution in [3.8, 4) is 0 Å². The Kier molecular flexibility index (Phi) is 5.28. The minimum absolute atomic E-state index is 0.129. The highest BCUT2D eigenvalue weighted by Gasteiger charge is 2.12. The average Bonchev–Trinajstić information content (AvgIpc) is 2.24. The standard InChI is InChI=1S/C11H14BrFN2S/c1-2-3-6-16-8-5-4-7(11(14)15)9(12)10(8)13/h4-5H,2-3,6H2,1H3,(H3,14,15). The molecule has 0 bridgehead atoms. The molecule has 1 rings (SSSR count). The molecule has 0 unspecified atom stereocenters. The molecule has 3 N–H and O–H groups in total. The van der Waals surface area contributed by atoms with Crippen molar-refractivity contribution >= 4 is 33.5 Å². The van der Waals surface area contributed by atoms with Crippen LogP contribution < -0.4 is 5.73 Å². The smallest absolute Gasteiger partial charge is 0.151 e. The molecule has 0 saturated heterocycles. The van der Waals surface area contributed by atoms with Gasteiger partial charge in [-0.15, -0.1) is 11.8 Å². The van der Waals surface area contributed by atoms with Gasteiger partial charge in [0, 0.05) is 10.5 Å². The SMILES string of the molecule is CCCCSc1ccc(C(=N)N)c(Br)c1F. The van der Waals surface area contributed by atoms with E-state index in [4.69, 9.17) is 11.1 Å². The lowest BCUT2D eigenvalue weighted by Crippen LogP contribution is -2.12. The molecule has 0 fully saturated rings. The number of halogens is 2. The fraction of sp³-hybridized carbons (Fsp3) is 0.364. The van der Waals surface area contributed by atoms with E-state index in [1.165, 1.54) is 11.8 Å². The number of nitrogens with one attached hydrogen (secondary N) is 1. The zero-order valence-corrected chi connectivity index (χ0v) is 11.4. The lowest BCUT2D eigenvalue weighted by Gasteiger charge is -2.08. The third-order valence-corrected chi connectivity index (χ3v) is 3.99. The molecule has 0 spiro atoms. The van der Waals surface area contributed by atoms with Gasteiger partial charge in [0.25, 0.3) is 0 Å². The van der Waals surface area contributed by atoms with Gasteiger partial charge >= 0.3 is 0 Å². The van der Waals surface area contributed by atoms with Gasteiger partial charge in [0.1, 0.15) is 5.84 Å². The first-order chi connectivity index (χ1) is 7.57. The van der Waals surface area contributed by atoms with Crippen molar-refractivity contribution in [1.29, 1.82) is 5.41 Å². The first-order valence-electron chi connectivity index (χ1n) is 5.03. The van der Waals surface area contributed by atoms with Crippen LogP contribution in [0.4, 0.5) is 4.39 Å². The monoisotopic (exact) mass is 304 g/mol. The van der Waals surface area contributed by atoms with Gasteiger partial charge in [0.15, 0.2) is 5.82 Å². The van der Waals surface area contributed by atoms with Crippen LogP contribution in [0.25, 0.3) is 0 Å². The number of nitrogen functional groups attached to an aromatic ring is 1. The third kappa shape index (κ3) is 3.22. The molecule has 0 heterocycles. The molecule has 88 valence electrons. The quantitative estimate of drug-likeness (QED) is 0.376. The van der Waals surface area contributed by atoms with Gasteiger partial charge < -0.3 is 5.73 Å². The number of benzene rings is 1. The number of rotatable bonds is 5. The van der Waals surface area contributed by atoms with E-state index in [1.54, 1.807) is 12.1 Å². The maximum Gasteiger partial charge on any atom is 0.151 e. The molecule has 5 heteroatoms. The predicted octanol–water partition coefficient (Wildman–Crippen LogP) is 3.76. The Balaban J connectivity index is 2.89. The summed E-state index contributed by atoms with van der Waals surface area (Å²) in [5.74, 6) is 0.448. The van der Waals surface area contributed by atoms with Gasteiger partial charge in [-0.05, 0) is 40.2 Å². The van der Waals surface area contributed by atoms with Crippen molar-refractivity contribution in [2.75, 3.05) is 5.75 Å². The highest BCUT2D eigenvalue weighted by molar-refractivity contribution is 9.10. The van der Waals surface area contributed by atoms with Gasteiger partial charge in [0.05, 0.1) is 4.47 Å². The van der Waals surface area contributed by atoms with E-state index in [-0.39, 0.29) is 16.1 Å². The minimum Gasteiger partial charge on any atom is -0.384 e. The van der Waals surface area contributed by atoms with Crippen LogP contribution in [0.1, 0.15) is 25.3 Å². The fourth-order valence-corrected chi connectivity index (χ4v) is 2.91. The van der Waals surface area contributed by atoms with Crippen LogP contribution >= 0.6 is 27.7 Å². The van der Waals surface area contributed by atoms with E-state index in [2.05, 4.69) is 22.9 Å². The molecular weight excluding hydrogens is 291 g/mol. The zero-order chi connectivity index (χ0) is 12.1. The van der Waals surface area contributed by atoms with Crippen LogP contribution in [0.3, 0.4) is 0 Å². The average molecular weight is 305 g/mol. The molecule has 16 heavy (non-hydrogen) atoms. The second-order valence-electron chi connectivity index (χ2n) is 3.35. The van der Waals surface area contributed by atoms with Crippen LogP contribution in [-0.2, 0) is 0 Å². The van der Waals surface area contributed by atoms with E-state index in [0.29, 0.717) is 10.5 Å². The molecule has 0 aromatic heterocycles. The van der Waals surface area contributed by atoms with Crippen LogP contribution in [0.15, 0.2) is 21.5 Å². The Morgan fingerprint density at radius 2 is 2.25 bits per heavy atom. The highest BCUT2D eigenvalue weighted by Crippen LogP contribution is 2.30. The van der Waals surface area contributed by atoms with E-state index in [9.17, 15) is 4.39 Å². The third-order valence-electron chi connectivity index (χ3n) is 2.09. The number of hydrogen-bond acceptors (Lipinski definition) is 2. The normalized spacial score (nSPS) is 10.4. The Morgan fingerprint density at radius 3 is 2.81 bits per heavy atom. The summed E-state index contributed by atoms with van der Waals surface area (Å²) in [7, 11) is 0. The molecule has 1 aromatic rings. The summed E-state index contributed by atoms with van der Waals surface area (Å²) < 4.78 is 14.1. The summed E-state index contributed by atoms with van der Waals surface area (Å²) in [4.78, 5) is 0.602. The number of nitrogens with two attached hydrogens (primary N) is 1.